The minimum atomic E-state index is 0. The Kier molecular flexibility index (Phi) is 9.84. The summed E-state index contributed by atoms with van der Waals surface area (Å²) in [5, 5.41) is 9.96. The Morgan fingerprint density at radius 3 is 2.71 bits per heavy atom. The van der Waals surface area contributed by atoms with Crippen molar-refractivity contribution in [3.63, 3.8) is 0 Å². The molecule has 4 nitrogen and oxygen atoms in total. The van der Waals surface area contributed by atoms with Gasteiger partial charge in [-0.1, -0.05) is 13.0 Å². The quantitative estimate of drug-likeness (QED) is 0.353. The monoisotopic (exact) mass is 478 g/mol. The Bertz CT molecular complexity index is 603. The smallest absolute Gasteiger partial charge is 0.191 e. The number of thiophene rings is 1. The summed E-state index contributed by atoms with van der Waals surface area (Å²) in [7, 11) is 0. The summed E-state index contributed by atoms with van der Waals surface area (Å²) in [6.45, 7) is 10.9. The summed E-state index contributed by atoms with van der Waals surface area (Å²) < 4.78 is 0. The molecule has 1 atom stereocenters. The molecule has 0 aliphatic heterocycles. The summed E-state index contributed by atoms with van der Waals surface area (Å²) in [4.78, 5) is 11.9. The highest BCUT2D eigenvalue weighted by Crippen LogP contribution is 2.17. The van der Waals surface area contributed by atoms with Crippen LogP contribution in [-0.2, 0) is 13.0 Å². The number of aryl methyl sites for hydroxylation is 2. The molecule has 0 bridgehead atoms. The Balaban J connectivity index is 0.00000288. The number of aromatic nitrogens is 1. The van der Waals surface area contributed by atoms with Crippen LogP contribution in [0.4, 0.5) is 0 Å². The molecule has 0 fully saturated rings. The third kappa shape index (κ3) is 7.06. The Morgan fingerprint density at radius 2 is 2.12 bits per heavy atom. The first-order valence-electron chi connectivity index (χ1n) is 8.06. The fourth-order valence-electron chi connectivity index (χ4n) is 2.21. The van der Waals surface area contributed by atoms with Gasteiger partial charge < -0.3 is 10.6 Å². The number of guanidine groups is 1. The zero-order valence-corrected chi connectivity index (χ0v) is 18.7. The van der Waals surface area contributed by atoms with E-state index in [0.717, 1.165) is 36.2 Å². The Labute approximate surface area is 170 Å². The maximum absolute atomic E-state index is 4.65. The van der Waals surface area contributed by atoms with Gasteiger partial charge in [0.25, 0.3) is 0 Å². The van der Waals surface area contributed by atoms with Crippen molar-refractivity contribution in [3.8, 4) is 0 Å². The fraction of sp³-hybridized carbons (Fsp3) is 0.529. The lowest BCUT2D eigenvalue weighted by Crippen LogP contribution is -2.39. The predicted octanol–water partition coefficient (Wildman–Crippen LogP) is 4.37. The molecule has 2 heterocycles. The highest BCUT2D eigenvalue weighted by atomic mass is 127. The maximum Gasteiger partial charge on any atom is 0.191 e. The molecule has 2 aromatic heterocycles. The van der Waals surface area contributed by atoms with Gasteiger partial charge >= 0.3 is 0 Å². The van der Waals surface area contributed by atoms with E-state index in [1.165, 1.54) is 9.75 Å². The Hall–Kier alpha value is -0.670. The van der Waals surface area contributed by atoms with Crippen molar-refractivity contribution in [2.75, 3.05) is 13.1 Å². The molecule has 0 saturated heterocycles. The molecule has 24 heavy (non-hydrogen) atoms. The van der Waals surface area contributed by atoms with E-state index < -0.39 is 0 Å². The molecule has 2 N–H and O–H groups in total. The van der Waals surface area contributed by atoms with E-state index in [1.54, 1.807) is 11.3 Å². The van der Waals surface area contributed by atoms with E-state index in [1.807, 2.05) is 11.3 Å². The lowest BCUT2D eigenvalue weighted by atomic mass is 10.1. The van der Waals surface area contributed by atoms with Crippen LogP contribution in [0.2, 0.25) is 0 Å². The molecule has 0 saturated carbocycles. The van der Waals surface area contributed by atoms with E-state index in [9.17, 15) is 0 Å². The molecule has 0 amide bonds. The lowest BCUT2D eigenvalue weighted by molar-refractivity contribution is 0.562. The van der Waals surface area contributed by atoms with Gasteiger partial charge in [0.2, 0.25) is 0 Å². The van der Waals surface area contributed by atoms with Crippen molar-refractivity contribution in [3.05, 3.63) is 38.0 Å². The molecule has 0 aliphatic carbocycles. The number of rotatable bonds is 7. The van der Waals surface area contributed by atoms with Crippen molar-refractivity contribution < 1.29 is 0 Å². The standard InChI is InChI=1S/C17H26N4S2.HI/c1-5-18-17(20-11-16-21-13(3)14(4)23-16)19-10-12(2)9-15-7-6-8-22-15;/h6-8,12H,5,9-11H2,1-4H3,(H2,18,19,20);1H. The van der Waals surface area contributed by atoms with E-state index in [2.05, 4.69) is 65.8 Å². The molecule has 0 aromatic carbocycles. The number of nitrogens with one attached hydrogen (secondary N) is 2. The second-order valence-electron chi connectivity index (χ2n) is 5.71. The SMILES string of the molecule is CCNC(=NCc1nc(C)c(C)s1)NCC(C)Cc1cccs1.I. The predicted molar refractivity (Wildman–Crippen MR) is 117 cm³/mol. The number of aliphatic imine (C=N–C) groups is 1. The largest absolute Gasteiger partial charge is 0.357 e. The van der Waals surface area contributed by atoms with Crippen LogP contribution in [0.5, 0.6) is 0 Å². The molecule has 1 unspecified atom stereocenters. The Morgan fingerprint density at radius 1 is 1.33 bits per heavy atom. The molecule has 0 radical (unpaired) electrons. The zero-order valence-electron chi connectivity index (χ0n) is 14.8. The third-order valence-electron chi connectivity index (χ3n) is 3.54. The van der Waals surface area contributed by atoms with Crippen LogP contribution >= 0.6 is 46.7 Å². The van der Waals surface area contributed by atoms with Gasteiger partial charge in [0.1, 0.15) is 5.01 Å². The first-order valence-corrected chi connectivity index (χ1v) is 9.75. The van der Waals surface area contributed by atoms with Crippen LogP contribution in [-0.4, -0.2) is 24.0 Å². The average Bonchev–Trinajstić information content (AvgIpc) is 3.12. The van der Waals surface area contributed by atoms with Crippen molar-refractivity contribution >= 4 is 52.6 Å². The normalized spacial score (nSPS) is 12.6. The van der Waals surface area contributed by atoms with Gasteiger partial charge in [0, 0.05) is 22.8 Å². The minimum absolute atomic E-state index is 0. The van der Waals surface area contributed by atoms with Crippen molar-refractivity contribution in [2.24, 2.45) is 10.9 Å². The first kappa shape index (κ1) is 21.4. The van der Waals surface area contributed by atoms with Gasteiger partial charge in [-0.15, -0.1) is 46.7 Å². The summed E-state index contributed by atoms with van der Waals surface area (Å²) >= 11 is 3.56. The van der Waals surface area contributed by atoms with E-state index >= 15 is 0 Å². The second-order valence-corrected chi connectivity index (χ2v) is 8.03. The molecular formula is C17H27IN4S2. The number of nitrogens with zero attached hydrogens (tertiary/aromatic N) is 2. The van der Waals surface area contributed by atoms with Crippen molar-refractivity contribution in [1.29, 1.82) is 0 Å². The van der Waals surface area contributed by atoms with Crippen molar-refractivity contribution in [1.82, 2.24) is 15.6 Å². The third-order valence-corrected chi connectivity index (χ3v) is 5.49. The highest BCUT2D eigenvalue weighted by Gasteiger charge is 2.07. The lowest BCUT2D eigenvalue weighted by Gasteiger charge is -2.15. The van der Waals surface area contributed by atoms with Crippen LogP contribution < -0.4 is 10.6 Å². The second kappa shape index (κ2) is 11.0. The number of halogens is 1. The molecule has 0 spiro atoms. The van der Waals surface area contributed by atoms with E-state index in [4.69, 9.17) is 0 Å². The number of hydrogen-bond donors (Lipinski definition) is 2. The van der Waals surface area contributed by atoms with Gasteiger partial charge in [-0.2, -0.15) is 0 Å². The summed E-state index contributed by atoms with van der Waals surface area (Å²) in [6.07, 6.45) is 1.11. The zero-order chi connectivity index (χ0) is 16.7. The van der Waals surface area contributed by atoms with Gasteiger partial charge in [-0.3, -0.25) is 0 Å². The maximum atomic E-state index is 4.65. The van der Waals surface area contributed by atoms with Crippen LogP contribution in [0, 0.1) is 19.8 Å². The molecule has 134 valence electrons. The summed E-state index contributed by atoms with van der Waals surface area (Å²) in [5.41, 5.74) is 1.11. The number of thiazole rings is 1. The van der Waals surface area contributed by atoms with Crippen LogP contribution in [0.3, 0.4) is 0 Å². The minimum Gasteiger partial charge on any atom is -0.357 e. The van der Waals surface area contributed by atoms with E-state index in [0.29, 0.717) is 12.5 Å². The summed E-state index contributed by atoms with van der Waals surface area (Å²) in [6, 6.07) is 4.32. The topological polar surface area (TPSA) is 49.3 Å². The molecule has 7 heteroatoms. The number of hydrogen-bond acceptors (Lipinski definition) is 4. The molecule has 2 rings (SSSR count). The van der Waals surface area contributed by atoms with Crippen LogP contribution in [0.1, 0.15) is 34.3 Å². The van der Waals surface area contributed by atoms with Crippen LogP contribution in [0.15, 0.2) is 22.5 Å². The first-order chi connectivity index (χ1) is 11.1. The fourth-order valence-corrected chi connectivity index (χ4v) is 3.94. The van der Waals surface area contributed by atoms with Gasteiger partial charge in [-0.05, 0) is 44.6 Å². The van der Waals surface area contributed by atoms with Gasteiger partial charge in [-0.25, -0.2) is 9.98 Å². The molecule has 2 aromatic rings. The molecule has 0 aliphatic rings. The molecular weight excluding hydrogens is 451 g/mol. The summed E-state index contributed by atoms with van der Waals surface area (Å²) in [5.74, 6) is 1.44. The van der Waals surface area contributed by atoms with E-state index in [-0.39, 0.29) is 24.0 Å². The van der Waals surface area contributed by atoms with Gasteiger partial charge in [0.15, 0.2) is 5.96 Å². The van der Waals surface area contributed by atoms with Crippen LogP contribution in [0.25, 0.3) is 0 Å². The highest BCUT2D eigenvalue weighted by molar-refractivity contribution is 14.0. The van der Waals surface area contributed by atoms with Crippen molar-refractivity contribution in [2.45, 2.75) is 40.7 Å². The average molecular weight is 478 g/mol. The van der Waals surface area contributed by atoms with Gasteiger partial charge in [0.05, 0.1) is 12.2 Å².